The number of benzene rings is 2. The Bertz CT molecular complexity index is 534. The van der Waals surface area contributed by atoms with Gasteiger partial charge in [0, 0.05) is 25.0 Å². The van der Waals surface area contributed by atoms with Crippen molar-refractivity contribution in [3.05, 3.63) is 53.8 Å². The summed E-state index contributed by atoms with van der Waals surface area (Å²) in [6.45, 7) is 0.592. The van der Waals surface area contributed by atoms with E-state index in [0.717, 1.165) is 17.0 Å². The fourth-order valence-electron chi connectivity index (χ4n) is 1.97. The monoisotopic (exact) mass is 260 g/mol. The van der Waals surface area contributed by atoms with Crippen LogP contribution in [0.4, 0.5) is 15.8 Å². The first-order valence-electron chi connectivity index (χ1n) is 5.98. The van der Waals surface area contributed by atoms with E-state index in [1.54, 1.807) is 13.2 Å². The van der Waals surface area contributed by atoms with Crippen molar-refractivity contribution in [2.75, 3.05) is 24.8 Å². The average Bonchev–Trinajstić information content (AvgIpc) is 2.37. The molecule has 0 aromatic heterocycles. The average molecular weight is 260 g/mol. The molecular weight excluding hydrogens is 243 g/mol. The second kappa shape index (κ2) is 5.61. The van der Waals surface area contributed by atoms with Crippen molar-refractivity contribution in [3.63, 3.8) is 0 Å². The molecule has 2 N–H and O–H groups in total. The maximum absolute atomic E-state index is 13.3. The van der Waals surface area contributed by atoms with Gasteiger partial charge in [0.25, 0.3) is 0 Å². The highest BCUT2D eigenvalue weighted by Crippen LogP contribution is 2.20. The first-order chi connectivity index (χ1) is 9.08. The molecule has 0 spiro atoms. The summed E-state index contributed by atoms with van der Waals surface area (Å²) in [7, 11) is 3.58. The van der Waals surface area contributed by atoms with Gasteiger partial charge in [-0.2, -0.15) is 0 Å². The minimum Gasteiger partial charge on any atom is -0.497 e. The van der Waals surface area contributed by atoms with Gasteiger partial charge in [0.2, 0.25) is 0 Å². The van der Waals surface area contributed by atoms with Gasteiger partial charge in [-0.1, -0.05) is 0 Å². The van der Waals surface area contributed by atoms with Gasteiger partial charge in [0.05, 0.1) is 7.11 Å². The summed E-state index contributed by atoms with van der Waals surface area (Å²) in [5, 5.41) is 0. The van der Waals surface area contributed by atoms with E-state index in [1.807, 2.05) is 36.2 Å². The van der Waals surface area contributed by atoms with Crippen molar-refractivity contribution in [2.45, 2.75) is 6.54 Å². The van der Waals surface area contributed by atoms with E-state index in [-0.39, 0.29) is 5.82 Å². The molecule has 0 fully saturated rings. The molecule has 2 rings (SSSR count). The predicted octanol–water partition coefficient (Wildman–Crippen LogP) is 3.05. The molecule has 0 aliphatic carbocycles. The number of hydrogen-bond donors (Lipinski definition) is 1. The molecule has 2 aromatic rings. The predicted molar refractivity (Wildman–Crippen MR) is 75.9 cm³/mol. The first kappa shape index (κ1) is 13.2. The van der Waals surface area contributed by atoms with E-state index in [9.17, 15) is 4.39 Å². The molecular formula is C15H17FN2O. The fraction of sp³-hybridized carbons (Fsp3) is 0.200. The molecule has 0 atom stereocenters. The lowest BCUT2D eigenvalue weighted by atomic mass is 10.1. The summed E-state index contributed by atoms with van der Waals surface area (Å²) in [6, 6.07) is 12.3. The summed E-state index contributed by atoms with van der Waals surface area (Å²) < 4.78 is 18.4. The molecule has 100 valence electrons. The Morgan fingerprint density at radius 2 is 1.84 bits per heavy atom. The Hall–Kier alpha value is -2.23. The zero-order valence-corrected chi connectivity index (χ0v) is 11.1. The highest BCUT2D eigenvalue weighted by molar-refractivity contribution is 5.50. The van der Waals surface area contributed by atoms with E-state index in [0.29, 0.717) is 12.2 Å². The van der Waals surface area contributed by atoms with Crippen LogP contribution in [0.5, 0.6) is 5.75 Å². The minimum absolute atomic E-state index is 0.307. The van der Waals surface area contributed by atoms with E-state index >= 15 is 0 Å². The van der Waals surface area contributed by atoms with Gasteiger partial charge in [-0.05, 0) is 48.0 Å². The third-order valence-electron chi connectivity index (χ3n) is 2.91. The van der Waals surface area contributed by atoms with Gasteiger partial charge in [-0.15, -0.1) is 0 Å². The molecule has 4 heteroatoms. The topological polar surface area (TPSA) is 38.5 Å². The number of ether oxygens (including phenoxy) is 1. The molecule has 0 radical (unpaired) electrons. The van der Waals surface area contributed by atoms with Crippen LogP contribution < -0.4 is 15.4 Å². The minimum atomic E-state index is -0.307. The Balaban J connectivity index is 2.13. The highest BCUT2D eigenvalue weighted by atomic mass is 19.1. The molecule has 0 heterocycles. The van der Waals surface area contributed by atoms with Crippen molar-refractivity contribution in [1.82, 2.24) is 0 Å². The van der Waals surface area contributed by atoms with Gasteiger partial charge in [0.15, 0.2) is 0 Å². The maximum Gasteiger partial charge on any atom is 0.125 e. The highest BCUT2D eigenvalue weighted by Gasteiger charge is 2.04. The summed E-state index contributed by atoms with van der Waals surface area (Å²) in [4.78, 5) is 2.02. The van der Waals surface area contributed by atoms with Crippen molar-refractivity contribution >= 4 is 11.4 Å². The first-order valence-corrected chi connectivity index (χ1v) is 5.98. The molecule has 0 aliphatic heterocycles. The standard InChI is InChI=1S/C15H17FN2O/c1-18(14-3-5-15(19-2)6-4-14)10-11-7-12(16)9-13(17)8-11/h3-9H,10,17H2,1-2H3. The summed E-state index contributed by atoms with van der Waals surface area (Å²) in [5.41, 5.74) is 7.95. The summed E-state index contributed by atoms with van der Waals surface area (Å²) in [6.07, 6.45) is 0. The van der Waals surface area contributed by atoms with Crippen molar-refractivity contribution < 1.29 is 9.13 Å². The molecule has 0 saturated heterocycles. The van der Waals surface area contributed by atoms with Gasteiger partial charge < -0.3 is 15.4 Å². The van der Waals surface area contributed by atoms with Gasteiger partial charge in [-0.25, -0.2) is 4.39 Å². The zero-order chi connectivity index (χ0) is 13.8. The molecule has 3 nitrogen and oxygen atoms in total. The van der Waals surface area contributed by atoms with Crippen molar-refractivity contribution in [2.24, 2.45) is 0 Å². The number of hydrogen-bond acceptors (Lipinski definition) is 3. The summed E-state index contributed by atoms with van der Waals surface area (Å²) >= 11 is 0. The van der Waals surface area contributed by atoms with E-state index in [4.69, 9.17) is 10.5 Å². The Kier molecular flexibility index (Phi) is 3.90. The zero-order valence-electron chi connectivity index (χ0n) is 11.1. The fourth-order valence-corrected chi connectivity index (χ4v) is 1.97. The largest absolute Gasteiger partial charge is 0.497 e. The molecule has 0 bridgehead atoms. The number of nitrogen functional groups attached to an aromatic ring is 1. The van der Waals surface area contributed by atoms with Crippen LogP contribution in [0.25, 0.3) is 0 Å². The Morgan fingerprint density at radius 3 is 2.42 bits per heavy atom. The Morgan fingerprint density at radius 1 is 1.16 bits per heavy atom. The molecule has 2 aromatic carbocycles. The quantitative estimate of drug-likeness (QED) is 0.859. The molecule has 0 saturated carbocycles. The van der Waals surface area contributed by atoms with Crippen LogP contribution in [-0.2, 0) is 6.54 Å². The van der Waals surface area contributed by atoms with Crippen LogP contribution in [0, 0.1) is 5.82 Å². The van der Waals surface area contributed by atoms with E-state index in [1.165, 1.54) is 12.1 Å². The normalized spacial score (nSPS) is 10.3. The number of methoxy groups -OCH3 is 1. The SMILES string of the molecule is COc1ccc(N(C)Cc2cc(N)cc(F)c2)cc1. The van der Waals surface area contributed by atoms with Crippen LogP contribution in [-0.4, -0.2) is 14.2 Å². The molecule has 0 unspecified atom stereocenters. The third kappa shape index (κ3) is 3.37. The molecule has 0 aliphatic rings. The second-order valence-corrected chi connectivity index (χ2v) is 4.45. The van der Waals surface area contributed by atoms with E-state index in [2.05, 4.69) is 0 Å². The number of anilines is 2. The lowest BCUT2D eigenvalue weighted by molar-refractivity contribution is 0.415. The number of nitrogens with two attached hydrogens (primary N) is 1. The molecule has 19 heavy (non-hydrogen) atoms. The van der Waals surface area contributed by atoms with Crippen LogP contribution in [0.2, 0.25) is 0 Å². The van der Waals surface area contributed by atoms with Crippen molar-refractivity contribution in [3.8, 4) is 5.75 Å². The lowest BCUT2D eigenvalue weighted by Crippen LogP contribution is -2.16. The smallest absolute Gasteiger partial charge is 0.125 e. The van der Waals surface area contributed by atoms with Crippen LogP contribution >= 0.6 is 0 Å². The number of rotatable bonds is 4. The number of nitrogens with zero attached hydrogens (tertiary/aromatic N) is 1. The maximum atomic E-state index is 13.3. The Labute approximate surface area is 112 Å². The second-order valence-electron chi connectivity index (χ2n) is 4.45. The number of halogens is 1. The van der Waals surface area contributed by atoms with Crippen LogP contribution in [0.15, 0.2) is 42.5 Å². The van der Waals surface area contributed by atoms with Gasteiger partial charge in [0.1, 0.15) is 11.6 Å². The summed E-state index contributed by atoms with van der Waals surface area (Å²) in [5.74, 6) is 0.505. The van der Waals surface area contributed by atoms with Gasteiger partial charge in [-0.3, -0.25) is 0 Å². The lowest BCUT2D eigenvalue weighted by Gasteiger charge is -2.20. The third-order valence-corrected chi connectivity index (χ3v) is 2.91. The van der Waals surface area contributed by atoms with Crippen molar-refractivity contribution in [1.29, 1.82) is 0 Å². The molecule has 0 amide bonds. The van der Waals surface area contributed by atoms with E-state index < -0.39 is 0 Å². The van der Waals surface area contributed by atoms with Crippen LogP contribution in [0.3, 0.4) is 0 Å². The van der Waals surface area contributed by atoms with Crippen LogP contribution in [0.1, 0.15) is 5.56 Å². The van der Waals surface area contributed by atoms with Gasteiger partial charge >= 0.3 is 0 Å².